The van der Waals surface area contributed by atoms with Crippen molar-refractivity contribution in [1.29, 1.82) is 0 Å². The van der Waals surface area contributed by atoms with Crippen molar-refractivity contribution in [2.75, 3.05) is 14.2 Å². The van der Waals surface area contributed by atoms with Crippen molar-refractivity contribution in [2.45, 2.75) is 167 Å². The monoisotopic (exact) mass is 1830 g/mol. The number of benzene rings is 14. The summed E-state index contributed by atoms with van der Waals surface area (Å²) in [7, 11) is -4.89. The molecule has 0 unspecified atom stereocenters. The SMILES string of the molecule is C.C.C.CCc1ccc(COc2cc(-c3cc(OC)cc(C(C)(C)C)c3Op3oc4ccccc4c4ccccc4o3)c(Op3oc4ccccc4c4ccccc4o3)c(C(C)(C)C)c2)cc1.CCc1ccc(COc2cc(-c3cc(OC)cc(C(C)(C)C)c3Op3oc4ccccc4c4ccccc4o3)c(Op3oc4ccccc4c4ccccc4o3)c(C(C)(C)C)c2)cc1. The number of hydrogen-bond acceptors (Lipinski definition) is 16. The first-order valence-electron chi connectivity index (χ1n) is 43.1. The maximum absolute atomic E-state index is 7.20. The number of ether oxygens (including phenoxy) is 4. The maximum Gasteiger partial charge on any atom is 0.453 e. The average Bonchev–Trinajstić information content (AvgIpc) is 1.38. The number of methoxy groups -OCH3 is 2. The van der Waals surface area contributed by atoms with Crippen molar-refractivity contribution in [3.8, 4) is 68.2 Å². The molecule has 14 aromatic carbocycles. The fourth-order valence-corrected chi connectivity index (χ4v) is 20.0. The summed E-state index contributed by atoms with van der Waals surface area (Å²) in [5.41, 5.74) is 14.5. The lowest BCUT2D eigenvalue weighted by Crippen LogP contribution is -2.15. The molecule has 4 heterocycles. The van der Waals surface area contributed by atoms with Gasteiger partial charge in [0.25, 0.3) is 0 Å². The van der Waals surface area contributed by atoms with Crippen LogP contribution < -0.4 is 37.0 Å². The number of aryl methyl sites for hydroxylation is 2. The second-order valence-corrected chi connectivity index (χ2v) is 39.7. The molecule has 131 heavy (non-hydrogen) atoms. The Labute approximate surface area is 771 Å². The standard InChI is InChI=1S/2C54H52O8P2.3CH4/c2*1-9-35-26-28-36(29-27-35)34-56-38-31-44(52(46(33-38)54(5,6)7)62-64-59-49-24-16-12-20-41(49)42-21-13-17-25-50(42)60-64)43-30-37(55-8)32-45(53(2,3)4)51(43)61-63-57-47-22-14-10-18-39(47)40-19-11-15-23-48(40)58-63;;;/h2*10-33H,9,34H2,1-8H3;3*1H4. The van der Waals surface area contributed by atoms with Crippen LogP contribution in [-0.4, -0.2) is 14.2 Å². The van der Waals surface area contributed by atoms with Gasteiger partial charge in [0.15, 0.2) is 0 Å². The molecule has 0 spiro atoms. The highest BCUT2D eigenvalue weighted by atomic mass is 31.1. The summed E-state index contributed by atoms with van der Waals surface area (Å²) in [4.78, 5) is 0. The van der Waals surface area contributed by atoms with Gasteiger partial charge in [0, 0.05) is 87.6 Å². The first-order valence-corrected chi connectivity index (χ1v) is 47.4. The quantitative estimate of drug-likeness (QED) is 0.0703. The van der Waals surface area contributed by atoms with Gasteiger partial charge in [-0.1, -0.05) is 313 Å². The van der Waals surface area contributed by atoms with Gasteiger partial charge >= 0.3 is 33.0 Å². The fourth-order valence-electron chi connectivity index (χ4n) is 15.6. The summed E-state index contributed by atoms with van der Waals surface area (Å²) >= 11 is 0. The zero-order valence-electron chi connectivity index (χ0n) is 74.9. The molecule has 0 saturated heterocycles. The van der Waals surface area contributed by atoms with Crippen molar-refractivity contribution in [3.05, 3.63) is 336 Å². The molecule has 20 heteroatoms. The Morgan fingerprint density at radius 2 is 0.405 bits per heavy atom. The van der Waals surface area contributed by atoms with E-state index >= 15 is 0 Å². The zero-order chi connectivity index (χ0) is 89.2. The molecule has 0 atom stereocenters. The van der Waals surface area contributed by atoms with Crippen molar-refractivity contribution in [2.24, 2.45) is 0 Å². The summed E-state index contributed by atoms with van der Waals surface area (Å²) in [5.74, 6) is 4.80. The molecule has 4 aromatic heterocycles. The van der Waals surface area contributed by atoms with Crippen molar-refractivity contribution >= 4 is 121 Å². The van der Waals surface area contributed by atoms with Crippen LogP contribution in [0.4, 0.5) is 0 Å². The van der Waals surface area contributed by atoms with Gasteiger partial charge < -0.3 is 70.6 Å². The summed E-state index contributed by atoms with van der Waals surface area (Å²) in [6.07, 6.45) is 1.93. The van der Waals surface area contributed by atoms with Crippen LogP contribution in [0.5, 0.6) is 46.0 Å². The van der Waals surface area contributed by atoms with Crippen molar-refractivity contribution in [3.63, 3.8) is 0 Å². The number of hydrogen-bond donors (Lipinski definition) is 0. The molecule has 0 fully saturated rings. The Bertz CT molecular complexity index is 6660. The van der Waals surface area contributed by atoms with E-state index < -0.39 is 54.6 Å². The van der Waals surface area contributed by atoms with Gasteiger partial charge in [-0.3, -0.25) is 0 Å². The predicted molar refractivity (Wildman–Crippen MR) is 542 cm³/mol. The van der Waals surface area contributed by atoms with E-state index in [-0.39, 0.29) is 22.3 Å². The highest BCUT2D eigenvalue weighted by molar-refractivity contribution is 7.33. The Balaban J connectivity index is 0.000000206. The van der Waals surface area contributed by atoms with Gasteiger partial charge in [0.1, 0.15) is 104 Å². The van der Waals surface area contributed by atoms with E-state index in [1.54, 1.807) is 14.2 Å². The first kappa shape index (κ1) is 94.2. The van der Waals surface area contributed by atoms with Crippen LogP contribution in [0.1, 0.15) is 164 Å². The molecule has 0 radical (unpaired) electrons. The minimum atomic E-state index is -2.06. The maximum atomic E-state index is 7.20. The average molecular weight is 1830 g/mol. The molecule has 0 aliphatic rings. The molecule has 0 N–H and O–H groups in total. The van der Waals surface area contributed by atoms with Crippen LogP contribution in [0.3, 0.4) is 0 Å². The topological polar surface area (TPSA) is 179 Å². The van der Waals surface area contributed by atoms with Crippen LogP contribution >= 0.6 is 33.0 Å². The van der Waals surface area contributed by atoms with Gasteiger partial charge in [-0.05, 0) is 154 Å². The molecule has 676 valence electrons. The van der Waals surface area contributed by atoms with Crippen LogP contribution in [-0.2, 0) is 47.7 Å². The molecule has 18 rings (SSSR count). The number of para-hydroxylation sites is 8. The van der Waals surface area contributed by atoms with Gasteiger partial charge in [-0.25, -0.2) is 0 Å². The summed E-state index contributed by atoms with van der Waals surface area (Å²) in [6.45, 7) is 30.9. The molecule has 0 aliphatic carbocycles. The second kappa shape index (κ2) is 39.8. The largest absolute Gasteiger partial charge is 0.497 e. The summed E-state index contributed by atoms with van der Waals surface area (Å²) in [6, 6.07) is 96.7. The third-order valence-corrected chi connectivity index (χ3v) is 26.6. The summed E-state index contributed by atoms with van der Waals surface area (Å²) in [5, 5.41) is 7.38. The first-order chi connectivity index (χ1) is 61.7. The van der Waals surface area contributed by atoms with Gasteiger partial charge in [-0.15, -0.1) is 0 Å². The smallest absolute Gasteiger partial charge is 0.453 e. The van der Waals surface area contributed by atoms with E-state index in [2.05, 4.69) is 158 Å². The molecular weight excluding hydrogens is 1710 g/mol. The molecule has 0 saturated carbocycles. The summed E-state index contributed by atoms with van der Waals surface area (Å²) < 4.78 is 108. The van der Waals surface area contributed by atoms with Crippen molar-refractivity contribution < 1.29 is 70.6 Å². The van der Waals surface area contributed by atoms with E-state index in [1.807, 2.05) is 231 Å². The third-order valence-electron chi connectivity index (χ3n) is 22.5. The molecule has 0 bridgehead atoms. The highest BCUT2D eigenvalue weighted by Crippen LogP contribution is 2.57. The minimum absolute atomic E-state index is 0. The lowest BCUT2D eigenvalue weighted by atomic mass is 9.81. The van der Waals surface area contributed by atoms with E-state index in [9.17, 15) is 0 Å². The van der Waals surface area contributed by atoms with Gasteiger partial charge in [0.05, 0.1) is 14.2 Å². The zero-order valence-corrected chi connectivity index (χ0v) is 78.4. The van der Waals surface area contributed by atoms with Crippen molar-refractivity contribution in [1.82, 2.24) is 0 Å². The van der Waals surface area contributed by atoms with Crippen LogP contribution in [0.25, 0.3) is 110 Å². The Morgan fingerprint density at radius 1 is 0.229 bits per heavy atom. The molecular formula is C111H116O16P4. The second-order valence-electron chi connectivity index (χ2n) is 35.7. The number of rotatable bonds is 20. The normalized spacial score (nSPS) is 11.6. The lowest BCUT2D eigenvalue weighted by Gasteiger charge is -2.28. The Hall–Kier alpha value is -12.9. The molecule has 0 aliphatic heterocycles. The van der Waals surface area contributed by atoms with Gasteiger partial charge in [0.2, 0.25) is 0 Å². The van der Waals surface area contributed by atoms with Gasteiger partial charge in [-0.2, -0.15) is 0 Å². The lowest BCUT2D eigenvalue weighted by molar-refractivity contribution is 0.305. The van der Waals surface area contributed by atoms with Crippen LogP contribution in [0.2, 0.25) is 0 Å². The van der Waals surface area contributed by atoms with Crippen LogP contribution in [0, 0.1) is 0 Å². The van der Waals surface area contributed by atoms with E-state index in [4.69, 9.17) is 70.6 Å². The van der Waals surface area contributed by atoms with E-state index in [1.165, 1.54) is 11.1 Å². The van der Waals surface area contributed by atoms with E-state index in [0.717, 1.165) is 89.3 Å². The predicted octanol–water partition coefficient (Wildman–Crippen LogP) is 35.9. The Kier molecular flexibility index (Phi) is 28.6. The highest BCUT2D eigenvalue weighted by Gasteiger charge is 2.35. The third kappa shape index (κ3) is 20.8. The molecule has 0 amide bonds. The Morgan fingerprint density at radius 3 is 0.588 bits per heavy atom. The van der Waals surface area contributed by atoms with E-state index in [0.29, 0.717) is 126 Å². The minimum Gasteiger partial charge on any atom is -0.497 e. The van der Waals surface area contributed by atoms with Crippen LogP contribution in [0.15, 0.2) is 325 Å². The number of fused-ring (bicyclic) bond motifs is 12. The molecule has 18 aromatic rings. The fraction of sp³-hybridized carbons (Fsp3) is 0.243. The molecule has 16 nitrogen and oxygen atoms in total.